The Hall–Kier alpha value is -2.44. The van der Waals surface area contributed by atoms with Gasteiger partial charge in [0, 0.05) is 29.5 Å². The standard InChI is InChI=1S/C25H32N4O2/c1-15-8-11-26-25(27-15)28-23-16(2)24(19-4-5-19)29(17(3)30)22-7-6-20(14-21(22)23)18-9-12-31-13-10-18/h6-9,11,14,16-17,19,23-24,30H,4-5,10,12-13H2,1-3H3,(H,26,27,28)/t16-,17?,23?,24-/m1/s1. The molecule has 0 spiro atoms. The van der Waals surface area contributed by atoms with Crippen LogP contribution in [0.15, 0.2) is 36.5 Å². The Bertz CT molecular complexity index is 985. The molecule has 4 atom stereocenters. The number of fused-ring (bicyclic) bond motifs is 1. The van der Waals surface area contributed by atoms with Gasteiger partial charge in [-0.05, 0) is 73.9 Å². The summed E-state index contributed by atoms with van der Waals surface area (Å²) in [7, 11) is 0. The second-order valence-corrected chi connectivity index (χ2v) is 9.20. The van der Waals surface area contributed by atoms with Gasteiger partial charge in [-0.2, -0.15) is 0 Å². The second kappa shape index (κ2) is 8.24. The summed E-state index contributed by atoms with van der Waals surface area (Å²) in [4.78, 5) is 11.3. The average Bonchev–Trinajstić information content (AvgIpc) is 3.60. The topological polar surface area (TPSA) is 70.5 Å². The van der Waals surface area contributed by atoms with Gasteiger partial charge in [0.05, 0.1) is 19.3 Å². The Morgan fingerprint density at radius 2 is 2.10 bits per heavy atom. The van der Waals surface area contributed by atoms with E-state index in [0.717, 1.165) is 24.4 Å². The molecule has 1 fully saturated rings. The highest BCUT2D eigenvalue weighted by Crippen LogP contribution is 2.50. The van der Waals surface area contributed by atoms with Gasteiger partial charge in [-0.15, -0.1) is 0 Å². The zero-order valence-electron chi connectivity index (χ0n) is 18.6. The van der Waals surface area contributed by atoms with Crippen LogP contribution in [0.1, 0.15) is 56.0 Å². The number of rotatable bonds is 5. The van der Waals surface area contributed by atoms with Crippen LogP contribution < -0.4 is 10.2 Å². The van der Waals surface area contributed by atoms with Crippen LogP contribution in [0.2, 0.25) is 0 Å². The first-order valence-electron chi connectivity index (χ1n) is 11.5. The normalized spacial score (nSPS) is 26.8. The van der Waals surface area contributed by atoms with E-state index < -0.39 is 6.23 Å². The fourth-order valence-corrected chi connectivity index (χ4v) is 5.33. The Morgan fingerprint density at radius 1 is 1.26 bits per heavy atom. The molecule has 5 rings (SSSR count). The number of hydrogen-bond acceptors (Lipinski definition) is 6. The number of aromatic nitrogens is 2. The summed E-state index contributed by atoms with van der Waals surface area (Å²) < 4.78 is 5.51. The van der Waals surface area contributed by atoms with Crippen molar-refractivity contribution in [1.82, 2.24) is 9.97 Å². The minimum atomic E-state index is -0.531. The number of aryl methyl sites for hydroxylation is 1. The Labute approximate surface area is 184 Å². The first-order valence-corrected chi connectivity index (χ1v) is 11.5. The van der Waals surface area contributed by atoms with E-state index in [4.69, 9.17) is 4.74 Å². The van der Waals surface area contributed by atoms with Crippen LogP contribution in [0.4, 0.5) is 11.6 Å². The summed E-state index contributed by atoms with van der Waals surface area (Å²) in [6.45, 7) is 7.61. The molecule has 164 valence electrons. The summed E-state index contributed by atoms with van der Waals surface area (Å²) >= 11 is 0. The van der Waals surface area contributed by atoms with Crippen molar-refractivity contribution in [2.24, 2.45) is 11.8 Å². The van der Waals surface area contributed by atoms with Crippen molar-refractivity contribution in [3.63, 3.8) is 0 Å². The molecule has 0 radical (unpaired) electrons. The molecule has 2 N–H and O–H groups in total. The highest BCUT2D eigenvalue weighted by atomic mass is 16.5. The first kappa shape index (κ1) is 20.5. The maximum Gasteiger partial charge on any atom is 0.223 e. The van der Waals surface area contributed by atoms with Gasteiger partial charge < -0.3 is 20.1 Å². The molecule has 6 heteroatoms. The van der Waals surface area contributed by atoms with E-state index in [-0.39, 0.29) is 6.04 Å². The third kappa shape index (κ3) is 3.94. The van der Waals surface area contributed by atoms with E-state index in [0.29, 0.717) is 30.4 Å². The van der Waals surface area contributed by atoms with Gasteiger partial charge in [-0.25, -0.2) is 9.97 Å². The molecule has 1 saturated carbocycles. The molecule has 1 aromatic carbocycles. The summed E-state index contributed by atoms with van der Waals surface area (Å²) in [6.07, 6.45) is 6.85. The molecule has 2 aliphatic heterocycles. The number of nitrogens with one attached hydrogen (secondary N) is 1. The van der Waals surface area contributed by atoms with Crippen LogP contribution in [0, 0.1) is 18.8 Å². The van der Waals surface area contributed by atoms with Gasteiger partial charge in [0.25, 0.3) is 0 Å². The zero-order valence-corrected chi connectivity index (χ0v) is 18.6. The monoisotopic (exact) mass is 420 g/mol. The summed E-state index contributed by atoms with van der Waals surface area (Å²) in [5, 5.41) is 14.4. The fourth-order valence-electron chi connectivity index (χ4n) is 5.33. The summed E-state index contributed by atoms with van der Waals surface area (Å²) in [6, 6.07) is 8.99. The van der Waals surface area contributed by atoms with Gasteiger partial charge in [-0.3, -0.25) is 0 Å². The zero-order chi connectivity index (χ0) is 21.5. The van der Waals surface area contributed by atoms with Crippen molar-refractivity contribution in [1.29, 1.82) is 0 Å². The third-order valence-corrected chi connectivity index (χ3v) is 6.95. The number of nitrogens with zero attached hydrogens (tertiary/aromatic N) is 3. The van der Waals surface area contributed by atoms with E-state index in [1.54, 1.807) is 0 Å². The largest absolute Gasteiger partial charge is 0.377 e. The first-order chi connectivity index (χ1) is 15.0. The number of benzene rings is 1. The van der Waals surface area contributed by atoms with Crippen LogP contribution in [0.5, 0.6) is 0 Å². The number of hydrogen-bond donors (Lipinski definition) is 2. The number of aliphatic hydroxyl groups is 1. The molecule has 0 bridgehead atoms. The van der Waals surface area contributed by atoms with E-state index in [9.17, 15) is 5.11 Å². The minimum Gasteiger partial charge on any atom is -0.377 e. The van der Waals surface area contributed by atoms with Crippen molar-refractivity contribution in [2.75, 3.05) is 23.4 Å². The Kier molecular flexibility index (Phi) is 5.44. The lowest BCUT2D eigenvalue weighted by Crippen LogP contribution is -2.52. The minimum absolute atomic E-state index is 0.0813. The van der Waals surface area contributed by atoms with Gasteiger partial charge in [0.15, 0.2) is 0 Å². The lowest BCUT2D eigenvalue weighted by molar-refractivity contribution is 0.151. The van der Waals surface area contributed by atoms with Crippen molar-refractivity contribution < 1.29 is 9.84 Å². The quantitative estimate of drug-likeness (QED) is 0.751. The predicted octanol–water partition coefficient (Wildman–Crippen LogP) is 4.31. The fraction of sp³-hybridized carbons (Fsp3) is 0.520. The SMILES string of the molecule is Cc1ccnc(NC2c3cc(C4=CCOCC4)ccc3N(C(C)O)[C@@H](C3CC3)[C@@H]2C)n1. The molecule has 6 nitrogen and oxygen atoms in total. The van der Waals surface area contributed by atoms with Gasteiger partial charge in [0.1, 0.15) is 6.23 Å². The van der Waals surface area contributed by atoms with Crippen molar-refractivity contribution in [3.8, 4) is 0 Å². The van der Waals surface area contributed by atoms with Crippen LogP contribution in [0.3, 0.4) is 0 Å². The van der Waals surface area contributed by atoms with Crippen LogP contribution in [0.25, 0.3) is 5.57 Å². The molecular formula is C25H32N4O2. The number of anilines is 2. The molecule has 3 aliphatic rings. The average molecular weight is 421 g/mol. The maximum atomic E-state index is 10.8. The van der Waals surface area contributed by atoms with E-state index in [2.05, 4.69) is 51.4 Å². The molecular weight excluding hydrogens is 388 g/mol. The lowest BCUT2D eigenvalue weighted by atomic mass is 9.79. The molecule has 31 heavy (non-hydrogen) atoms. The van der Waals surface area contributed by atoms with E-state index >= 15 is 0 Å². The smallest absolute Gasteiger partial charge is 0.223 e. The van der Waals surface area contributed by atoms with Crippen molar-refractivity contribution in [3.05, 3.63) is 53.4 Å². The predicted molar refractivity (Wildman–Crippen MR) is 123 cm³/mol. The van der Waals surface area contributed by atoms with Crippen LogP contribution in [-0.2, 0) is 4.74 Å². The Balaban J connectivity index is 1.60. The van der Waals surface area contributed by atoms with E-state index in [1.165, 1.54) is 29.5 Å². The molecule has 2 aromatic rings. The molecule has 0 amide bonds. The molecule has 0 saturated heterocycles. The van der Waals surface area contributed by atoms with Crippen molar-refractivity contribution in [2.45, 2.75) is 58.3 Å². The Morgan fingerprint density at radius 3 is 2.77 bits per heavy atom. The lowest BCUT2D eigenvalue weighted by Gasteiger charge is -2.48. The van der Waals surface area contributed by atoms with Gasteiger partial charge in [-0.1, -0.05) is 19.1 Å². The highest BCUT2D eigenvalue weighted by molar-refractivity contribution is 5.72. The third-order valence-electron chi connectivity index (χ3n) is 6.95. The molecule has 1 aliphatic carbocycles. The van der Waals surface area contributed by atoms with Gasteiger partial charge >= 0.3 is 0 Å². The van der Waals surface area contributed by atoms with Gasteiger partial charge in [0.2, 0.25) is 5.95 Å². The highest BCUT2D eigenvalue weighted by Gasteiger charge is 2.47. The number of aliphatic hydroxyl groups excluding tert-OH is 1. The number of ether oxygens (including phenoxy) is 1. The molecule has 3 heterocycles. The second-order valence-electron chi connectivity index (χ2n) is 9.20. The molecule has 1 aromatic heterocycles. The summed E-state index contributed by atoms with van der Waals surface area (Å²) in [5.74, 6) is 1.59. The maximum absolute atomic E-state index is 10.8. The summed E-state index contributed by atoms with van der Waals surface area (Å²) in [5.41, 5.74) is 5.85. The molecule has 2 unspecified atom stereocenters. The van der Waals surface area contributed by atoms with Crippen molar-refractivity contribution >= 4 is 17.2 Å². The van der Waals surface area contributed by atoms with E-state index in [1.807, 2.05) is 26.1 Å². The van der Waals surface area contributed by atoms with Crippen LogP contribution in [-0.4, -0.2) is 40.6 Å². The van der Waals surface area contributed by atoms with Crippen LogP contribution >= 0.6 is 0 Å².